The number of aromatic hydroxyl groups is 1. The molecule has 0 unspecified atom stereocenters. The van der Waals surface area contributed by atoms with E-state index in [1.54, 1.807) is 0 Å². The van der Waals surface area contributed by atoms with Crippen molar-refractivity contribution in [3.05, 3.63) is 99.6 Å². The molecule has 1 atom stereocenters. The molecule has 2 aliphatic rings. The molecule has 1 amide bonds. The Bertz CT molecular complexity index is 1690. The quantitative estimate of drug-likeness (QED) is 0.147. The third-order valence-electron chi connectivity index (χ3n) is 9.24. The molecule has 9 heteroatoms. The smallest absolute Gasteiger partial charge is 0.329 e. The molecule has 1 aliphatic carbocycles. The number of aliphatic imine (C=N–C) groups is 1. The lowest BCUT2D eigenvalue weighted by Gasteiger charge is -2.41. The lowest BCUT2D eigenvalue weighted by atomic mass is 9.73. The van der Waals surface area contributed by atoms with Crippen LogP contribution in [0.15, 0.2) is 76.5 Å². The molecular weight excluding hydrogens is 528 g/mol. The standard InChI is InChI=1S/C33H38N6O3/c34-31(35)36-18-6-13-27-29(40)39(32(42)37-27)28(21-24-10-5-9-22-7-1-3-11-25(22)24)30(41)38-19-16-33(17-20-38)15-14-23-8-2-4-12-26(23)33/h1-5,7-12,28,40H,6,13-21H2,(H,37,42)(H4,34,35,36)/t28-/m1/s1. The van der Waals surface area contributed by atoms with Crippen LogP contribution in [-0.2, 0) is 29.5 Å². The fourth-order valence-corrected chi connectivity index (χ4v) is 7.03. The fraction of sp³-hybridized carbons (Fsp3) is 0.364. The lowest BCUT2D eigenvalue weighted by Crippen LogP contribution is -2.48. The number of nitrogens with zero attached hydrogens (tertiary/aromatic N) is 3. The highest BCUT2D eigenvalue weighted by Crippen LogP contribution is 2.46. The maximum Gasteiger partial charge on any atom is 0.329 e. The van der Waals surface area contributed by atoms with Gasteiger partial charge in [-0.25, -0.2) is 4.79 Å². The van der Waals surface area contributed by atoms with E-state index in [0.29, 0.717) is 38.2 Å². The van der Waals surface area contributed by atoms with Crippen molar-refractivity contribution in [1.82, 2.24) is 14.5 Å². The summed E-state index contributed by atoms with van der Waals surface area (Å²) in [5.74, 6) is -0.357. The van der Waals surface area contributed by atoms with E-state index in [1.165, 1.54) is 15.7 Å². The first-order chi connectivity index (χ1) is 20.4. The molecule has 2 heterocycles. The second-order valence-electron chi connectivity index (χ2n) is 11.6. The van der Waals surface area contributed by atoms with Gasteiger partial charge in [-0.2, -0.15) is 0 Å². The Morgan fingerprint density at radius 3 is 2.55 bits per heavy atom. The first kappa shape index (κ1) is 27.6. The van der Waals surface area contributed by atoms with Crippen LogP contribution in [0.3, 0.4) is 0 Å². The molecule has 4 aromatic rings. The Morgan fingerprint density at radius 1 is 1.00 bits per heavy atom. The largest absolute Gasteiger partial charge is 0.493 e. The van der Waals surface area contributed by atoms with Crippen LogP contribution in [0.25, 0.3) is 10.8 Å². The van der Waals surface area contributed by atoms with Crippen LogP contribution in [0.2, 0.25) is 0 Å². The van der Waals surface area contributed by atoms with E-state index in [-0.39, 0.29) is 29.6 Å². The second kappa shape index (κ2) is 11.4. The molecule has 0 radical (unpaired) electrons. The van der Waals surface area contributed by atoms with E-state index in [2.05, 4.69) is 34.2 Å². The predicted octanol–water partition coefficient (Wildman–Crippen LogP) is 3.53. The van der Waals surface area contributed by atoms with Crippen molar-refractivity contribution in [1.29, 1.82) is 0 Å². The molecule has 1 aliphatic heterocycles. The number of likely N-dealkylation sites (tertiary alicyclic amines) is 1. The Hall–Kier alpha value is -4.53. The molecule has 1 fully saturated rings. The molecule has 9 nitrogen and oxygen atoms in total. The third kappa shape index (κ3) is 5.15. The van der Waals surface area contributed by atoms with Crippen LogP contribution in [0.1, 0.15) is 54.1 Å². The van der Waals surface area contributed by atoms with Gasteiger partial charge < -0.3 is 26.5 Å². The molecule has 218 valence electrons. The summed E-state index contributed by atoms with van der Waals surface area (Å²) in [4.78, 5) is 36.3. The lowest BCUT2D eigenvalue weighted by molar-refractivity contribution is -0.136. The topological polar surface area (TPSA) is 143 Å². The number of aromatic amines is 1. The van der Waals surface area contributed by atoms with Crippen LogP contribution in [0, 0.1) is 0 Å². The molecule has 1 saturated heterocycles. The summed E-state index contributed by atoms with van der Waals surface area (Å²) >= 11 is 0. The van der Waals surface area contributed by atoms with Gasteiger partial charge in [0.2, 0.25) is 11.8 Å². The fourth-order valence-electron chi connectivity index (χ4n) is 7.03. The molecule has 3 aromatic carbocycles. The highest BCUT2D eigenvalue weighted by molar-refractivity contribution is 5.87. The normalized spacial score (nSPS) is 16.4. The number of hydrogen-bond donors (Lipinski definition) is 4. The Kier molecular flexibility index (Phi) is 7.49. The SMILES string of the molecule is NC(N)=NCCCc1[nH]c(=O)n([C@H](Cc2cccc3ccccc23)C(=O)N2CCC3(CCc4ccccc43)CC2)c1O. The van der Waals surface area contributed by atoms with Crippen molar-refractivity contribution >= 4 is 22.6 Å². The van der Waals surface area contributed by atoms with Gasteiger partial charge in [-0.15, -0.1) is 0 Å². The van der Waals surface area contributed by atoms with Gasteiger partial charge in [-0.3, -0.25) is 14.4 Å². The number of imidazole rings is 1. The summed E-state index contributed by atoms with van der Waals surface area (Å²) in [6, 6.07) is 21.8. The number of H-pyrrole nitrogens is 1. The number of fused-ring (bicyclic) bond motifs is 3. The number of piperidine rings is 1. The molecule has 42 heavy (non-hydrogen) atoms. The van der Waals surface area contributed by atoms with Gasteiger partial charge in [0.05, 0.1) is 5.69 Å². The zero-order chi connectivity index (χ0) is 29.3. The highest BCUT2D eigenvalue weighted by atomic mass is 16.3. The number of benzene rings is 3. The minimum absolute atomic E-state index is 0.00422. The predicted molar refractivity (Wildman–Crippen MR) is 165 cm³/mol. The van der Waals surface area contributed by atoms with Crippen molar-refractivity contribution in [3.8, 4) is 5.88 Å². The Balaban J connectivity index is 1.30. The van der Waals surface area contributed by atoms with E-state index in [0.717, 1.165) is 42.0 Å². The minimum atomic E-state index is -0.893. The number of nitrogens with two attached hydrogens (primary N) is 2. The second-order valence-corrected chi connectivity index (χ2v) is 11.6. The molecule has 6 rings (SSSR count). The number of nitrogens with one attached hydrogen (secondary N) is 1. The monoisotopic (exact) mass is 566 g/mol. The number of aryl methyl sites for hydroxylation is 2. The zero-order valence-corrected chi connectivity index (χ0v) is 23.8. The van der Waals surface area contributed by atoms with Crippen molar-refractivity contribution in [2.24, 2.45) is 16.5 Å². The molecule has 1 aromatic heterocycles. The van der Waals surface area contributed by atoms with E-state index >= 15 is 0 Å². The Morgan fingerprint density at radius 2 is 1.74 bits per heavy atom. The van der Waals surface area contributed by atoms with Gasteiger partial charge in [0.25, 0.3) is 0 Å². The number of carbonyl (C=O) groups is 1. The average Bonchev–Trinajstić information content (AvgIpc) is 3.50. The van der Waals surface area contributed by atoms with Crippen LogP contribution in [0.4, 0.5) is 0 Å². The van der Waals surface area contributed by atoms with Crippen LogP contribution >= 0.6 is 0 Å². The number of guanidine groups is 1. The number of hydrogen-bond acceptors (Lipinski definition) is 4. The molecular formula is C33H38N6O3. The van der Waals surface area contributed by atoms with E-state index in [1.807, 2.05) is 47.4 Å². The molecule has 0 bridgehead atoms. The summed E-state index contributed by atoms with van der Waals surface area (Å²) in [5, 5.41) is 13.4. The van der Waals surface area contributed by atoms with Gasteiger partial charge in [-0.1, -0.05) is 66.7 Å². The zero-order valence-electron chi connectivity index (χ0n) is 23.8. The summed E-state index contributed by atoms with van der Waals surface area (Å²) in [6.45, 7) is 1.60. The maximum atomic E-state index is 14.3. The van der Waals surface area contributed by atoms with Gasteiger partial charge in [0, 0.05) is 26.1 Å². The van der Waals surface area contributed by atoms with Crippen molar-refractivity contribution in [3.63, 3.8) is 0 Å². The van der Waals surface area contributed by atoms with Crippen molar-refractivity contribution < 1.29 is 9.90 Å². The van der Waals surface area contributed by atoms with Crippen LogP contribution < -0.4 is 17.2 Å². The van der Waals surface area contributed by atoms with Gasteiger partial charge in [0.15, 0.2) is 5.96 Å². The van der Waals surface area contributed by atoms with E-state index in [4.69, 9.17) is 11.5 Å². The molecule has 1 spiro atoms. The summed E-state index contributed by atoms with van der Waals surface area (Å²) in [6.07, 6.45) is 5.14. The maximum absolute atomic E-state index is 14.3. The number of rotatable bonds is 8. The first-order valence-corrected chi connectivity index (χ1v) is 14.8. The van der Waals surface area contributed by atoms with E-state index < -0.39 is 11.7 Å². The summed E-state index contributed by atoms with van der Waals surface area (Å²) in [5.41, 5.74) is 14.6. The number of amides is 1. The van der Waals surface area contributed by atoms with Gasteiger partial charge in [-0.05, 0) is 71.4 Å². The first-order valence-electron chi connectivity index (χ1n) is 14.8. The molecule has 0 saturated carbocycles. The van der Waals surface area contributed by atoms with Crippen LogP contribution in [-0.4, -0.2) is 51.1 Å². The Labute approximate surface area is 244 Å². The third-order valence-corrected chi connectivity index (χ3v) is 9.24. The van der Waals surface area contributed by atoms with Gasteiger partial charge >= 0.3 is 5.69 Å². The summed E-state index contributed by atoms with van der Waals surface area (Å²) in [7, 11) is 0. The highest BCUT2D eigenvalue weighted by Gasteiger charge is 2.43. The minimum Gasteiger partial charge on any atom is -0.493 e. The van der Waals surface area contributed by atoms with Crippen molar-refractivity contribution in [2.45, 2.75) is 56.4 Å². The van der Waals surface area contributed by atoms with Gasteiger partial charge in [0.1, 0.15) is 6.04 Å². The number of aromatic nitrogens is 2. The van der Waals surface area contributed by atoms with Crippen molar-refractivity contribution in [2.75, 3.05) is 19.6 Å². The van der Waals surface area contributed by atoms with Crippen LogP contribution in [0.5, 0.6) is 5.88 Å². The molecule has 6 N–H and O–H groups in total. The number of carbonyl (C=O) groups excluding carboxylic acids is 1. The average molecular weight is 567 g/mol. The van der Waals surface area contributed by atoms with E-state index in [9.17, 15) is 14.7 Å². The summed E-state index contributed by atoms with van der Waals surface area (Å²) < 4.78 is 1.25.